The molecule has 0 bridgehead atoms. The monoisotopic (exact) mass is 336 g/mol. The van der Waals surface area contributed by atoms with E-state index in [0.717, 1.165) is 5.56 Å². The van der Waals surface area contributed by atoms with Gasteiger partial charge in [0.1, 0.15) is 0 Å². The van der Waals surface area contributed by atoms with Gasteiger partial charge in [-0.1, -0.05) is 18.5 Å². The van der Waals surface area contributed by atoms with E-state index in [2.05, 4.69) is 26.0 Å². The molecule has 0 radical (unpaired) electrons. The average Bonchev–Trinajstić information content (AvgIpc) is 3.03. The van der Waals surface area contributed by atoms with E-state index in [9.17, 15) is 4.79 Å². The molecule has 2 aromatic rings. The molecule has 0 saturated carbocycles. The third kappa shape index (κ3) is 4.49. The molecule has 0 saturated heterocycles. The lowest BCUT2D eigenvalue weighted by molar-refractivity contribution is -0.125. The lowest BCUT2D eigenvalue weighted by atomic mass is 10.2. The molecule has 0 fully saturated rings. The lowest BCUT2D eigenvalue weighted by Gasteiger charge is -2.16. The molecular formula is C15H21ClN6O. The fourth-order valence-electron chi connectivity index (χ4n) is 2.00. The number of aromatic nitrogens is 4. The Morgan fingerprint density at radius 2 is 2.04 bits per heavy atom. The molecule has 1 heterocycles. The van der Waals surface area contributed by atoms with Crippen molar-refractivity contribution in [2.75, 3.05) is 13.6 Å². The zero-order valence-corrected chi connectivity index (χ0v) is 14.2. The maximum atomic E-state index is 12.3. The van der Waals surface area contributed by atoms with Crippen molar-refractivity contribution in [1.82, 2.24) is 30.8 Å². The molecule has 124 valence electrons. The van der Waals surface area contributed by atoms with Crippen LogP contribution in [-0.2, 0) is 4.79 Å². The molecule has 2 rings (SSSR count). The first-order valence-electron chi connectivity index (χ1n) is 7.55. The summed E-state index contributed by atoms with van der Waals surface area (Å²) in [6.07, 6.45) is 0.580. The summed E-state index contributed by atoms with van der Waals surface area (Å²) in [7, 11) is 1.85. The van der Waals surface area contributed by atoms with Crippen molar-refractivity contribution < 1.29 is 4.79 Å². The third-order valence-corrected chi connectivity index (χ3v) is 3.83. The molecule has 1 amide bonds. The second-order valence-electron chi connectivity index (χ2n) is 5.30. The van der Waals surface area contributed by atoms with Crippen molar-refractivity contribution in [3.05, 3.63) is 29.3 Å². The number of nitrogens with one attached hydrogen (secondary N) is 2. The number of benzene rings is 1. The highest BCUT2D eigenvalue weighted by molar-refractivity contribution is 6.30. The number of amides is 1. The topological polar surface area (TPSA) is 84.7 Å². The summed E-state index contributed by atoms with van der Waals surface area (Å²) in [6, 6.07) is 6.89. The molecular weight excluding hydrogens is 316 g/mol. The predicted octanol–water partition coefficient (Wildman–Crippen LogP) is 1.67. The van der Waals surface area contributed by atoms with Gasteiger partial charge in [0.2, 0.25) is 11.7 Å². The molecule has 0 spiro atoms. The highest BCUT2D eigenvalue weighted by Crippen LogP contribution is 2.18. The van der Waals surface area contributed by atoms with Gasteiger partial charge >= 0.3 is 0 Å². The van der Waals surface area contributed by atoms with Gasteiger partial charge in [-0.2, -0.15) is 4.80 Å². The van der Waals surface area contributed by atoms with E-state index >= 15 is 0 Å². The Kier molecular flexibility index (Phi) is 6.06. The standard InChI is InChI=1S/C15H21ClN6O/c1-4-13(15(23)18-9-10(2)17-3)22-20-14(19-21-22)11-5-7-12(16)8-6-11/h5-8,10,13,17H,4,9H2,1-3H3,(H,18,23). The Bertz CT molecular complexity index is 642. The van der Waals surface area contributed by atoms with Crippen LogP contribution in [0, 0.1) is 0 Å². The summed E-state index contributed by atoms with van der Waals surface area (Å²) in [5.74, 6) is 0.353. The van der Waals surface area contributed by atoms with Gasteiger partial charge in [0.15, 0.2) is 6.04 Å². The van der Waals surface area contributed by atoms with E-state index < -0.39 is 6.04 Å². The van der Waals surface area contributed by atoms with Crippen LogP contribution in [-0.4, -0.2) is 45.7 Å². The van der Waals surface area contributed by atoms with Gasteiger partial charge in [0.05, 0.1) is 0 Å². The molecule has 0 aliphatic carbocycles. The smallest absolute Gasteiger partial charge is 0.246 e. The van der Waals surface area contributed by atoms with Crippen molar-refractivity contribution in [2.45, 2.75) is 32.4 Å². The molecule has 7 nitrogen and oxygen atoms in total. The number of tetrazole rings is 1. The van der Waals surface area contributed by atoms with Crippen LogP contribution in [0.4, 0.5) is 0 Å². The highest BCUT2D eigenvalue weighted by atomic mass is 35.5. The number of nitrogens with zero attached hydrogens (tertiary/aromatic N) is 4. The number of carbonyl (C=O) groups is 1. The molecule has 2 unspecified atom stereocenters. The van der Waals surface area contributed by atoms with Crippen molar-refractivity contribution in [3.8, 4) is 11.4 Å². The molecule has 0 aliphatic heterocycles. The molecule has 0 aliphatic rings. The van der Waals surface area contributed by atoms with Gasteiger partial charge < -0.3 is 10.6 Å². The maximum absolute atomic E-state index is 12.3. The number of hydrogen-bond acceptors (Lipinski definition) is 5. The van der Waals surface area contributed by atoms with E-state index in [0.29, 0.717) is 23.8 Å². The van der Waals surface area contributed by atoms with Crippen LogP contribution in [0.15, 0.2) is 24.3 Å². The predicted molar refractivity (Wildman–Crippen MR) is 89.1 cm³/mol. The van der Waals surface area contributed by atoms with E-state index in [1.165, 1.54) is 4.80 Å². The van der Waals surface area contributed by atoms with Crippen LogP contribution in [0.25, 0.3) is 11.4 Å². The van der Waals surface area contributed by atoms with Crippen molar-refractivity contribution >= 4 is 17.5 Å². The molecule has 23 heavy (non-hydrogen) atoms. The maximum Gasteiger partial charge on any atom is 0.246 e. The SMILES string of the molecule is CCC(C(=O)NCC(C)NC)n1nnc(-c2ccc(Cl)cc2)n1. The van der Waals surface area contributed by atoms with E-state index in [1.54, 1.807) is 12.1 Å². The van der Waals surface area contributed by atoms with Crippen LogP contribution in [0.5, 0.6) is 0 Å². The number of hydrogen-bond donors (Lipinski definition) is 2. The average molecular weight is 337 g/mol. The van der Waals surface area contributed by atoms with Gasteiger partial charge in [0, 0.05) is 23.2 Å². The van der Waals surface area contributed by atoms with Crippen LogP contribution in [0.3, 0.4) is 0 Å². The van der Waals surface area contributed by atoms with Crippen LogP contribution in [0.1, 0.15) is 26.3 Å². The third-order valence-electron chi connectivity index (χ3n) is 3.57. The van der Waals surface area contributed by atoms with Gasteiger partial charge in [0.25, 0.3) is 0 Å². The van der Waals surface area contributed by atoms with E-state index in [-0.39, 0.29) is 11.9 Å². The number of halogens is 1. The minimum Gasteiger partial charge on any atom is -0.353 e. The zero-order chi connectivity index (χ0) is 16.8. The molecule has 2 atom stereocenters. The zero-order valence-electron chi connectivity index (χ0n) is 13.5. The molecule has 8 heteroatoms. The normalized spacial score (nSPS) is 13.6. The summed E-state index contributed by atoms with van der Waals surface area (Å²) < 4.78 is 0. The summed E-state index contributed by atoms with van der Waals surface area (Å²) in [5, 5.41) is 19.0. The van der Waals surface area contributed by atoms with Crippen LogP contribution >= 0.6 is 11.6 Å². The first kappa shape index (κ1) is 17.4. The van der Waals surface area contributed by atoms with Crippen LogP contribution in [0.2, 0.25) is 5.02 Å². The summed E-state index contributed by atoms with van der Waals surface area (Å²) in [6.45, 7) is 4.45. The quantitative estimate of drug-likeness (QED) is 0.803. The van der Waals surface area contributed by atoms with E-state index in [1.807, 2.05) is 33.0 Å². The first-order valence-corrected chi connectivity index (χ1v) is 7.93. The Balaban J connectivity index is 2.10. The van der Waals surface area contributed by atoms with Crippen molar-refractivity contribution in [3.63, 3.8) is 0 Å². The second kappa shape index (κ2) is 8.03. The number of carbonyl (C=O) groups excluding carboxylic acids is 1. The van der Waals surface area contributed by atoms with Gasteiger partial charge in [-0.25, -0.2) is 0 Å². The summed E-state index contributed by atoms with van der Waals surface area (Å²) >= 11 is 5.87. The van der Waals surface area contributed by atoms with Crippen molar-refractivity contribution in [1.29, 1.82) is 0 Å². The van der Waals surface area contributed by atoms with Gasteiger partial charge in [-0.05, 0) is 49.9 Å². The molecule has 2 N–H and O–H groups in total. The Morgan fingerprint density at radius 3 is 2.65 bits per heavy atom. The first-order chi connectivity index (χ1) is 11.0. The minimum atomic E-state index is -0.479. The van der Waals surface area contributed by atoms with Gasteiger partial charge in [-0.3, -0.25) is 4.79 Å². The largest absolute Gasteiger partial charge is 0.353 e. The minimum absolute atomic E-state index is 0.116. The molecule has 1 aromatic carbocycles. The number of rotatable bonds is 7. The Morgan fingerprint density at radius 1 is 1.35 bits per heavy atom. The highest BCUT2D eigenvalue weighted by Gasteiger charge is 2.22. The summed E-state index contributed by atoms with van der Waals surface area (Å²) in [5.41, 5.74) is 0.805. The molecule has 1 aromatic heterocycles. The van der Waals surface area contributed by atoms with Crippen molar-refractivity contribution in [2.24, 2.45) is 0 Å². The Hall–Kier alpha value is -1.99. The second-order valence-corrected chi connectivity index (χ2v) is 5.74. The lowest BCUT2D eigenvalue weighted by Crippen LogP contribution is -2.40. The fraction of sp³-hybridized carbons (Fsp3) is 0.467. The van der Waals surface area contributed by atoms with Crippen LogP contribution < -0.4 is 10.6 Å². The summed E-state index contributed by atoms with van der Waals surface area (Å²) in [4.78, 5) is 13.7. The van der Waals surface area contributed by atoms with E-state index in [4.69, 9.17) is 11.6 Å². The Labute approximate surface area is 140 Å². The number of likely N-dealkylation sites (N-methyl/N-ethyl adjacent to an activating group) is 1. The fourth-order valence-corrected chi connectivity index (χ4v) is 2.12. The van der Waals surface area contributed by atoms with Gasteiger partial charge in [-0.15, -0.1) is 10.2 Å².